The highest BCUT2D eigenvalue weighted by Crippen LogP contribution is 2.21. The topological polar surface area (TPSA) is 73.0 Å². The number of rotatable bonds is 4. The van der Waals surface area contributed by atoms with Gasteiger partial charge in [0.25, 0.3) is 0 Å². The molecule has 0 saturated heterocycles. The molecule has 6 nitrogen and oxygen atoms in total. The maximum atomic E-state index is 11.8. The van der Waals surface area contributed by atoms with Crippen molar-refractivity contribution >= 4 is 5.91 Å². The first-order valence-corrected chi connectivity index (χ1v) is 7.18. The second kappa shape index (κ2) is 5.14. The summed E-state index contributed by atoms with van der Waals surface area (Å²) in [4.78, 5) is 16.0. The third-order valence-corrected chi connectivity index (χ3v) is 3.56. The summed E-state index contributed by atoms with van der Waals surface area (Å²) in [5.74, 6) is 0.126. The molecule has 2 aromatic heterocycles. The quantitative estimate of drug-likeness (QED) is 0.802. The first-order chi connectivity index (χ1) is 10.8. The van der Waals surface area contributed by atoms with E-state index < -0.39 is 0 Å². The predicted molar refractivity (Wildman–Crippen MR) is 79.5 cm³/mol. The number of nitrogens with one attached hydrogen (secondary N) is 1. The molecule has 0 spiro atoms. The minimum Gasteiger partial charge on any atom is -0.345 e. The van der Waals surface area contributed by atoms with Crippen molar-refractivity contribution in [1.29, 1.82) is 0 Å². The fraction of sp³-hybridized carbons (Fsp3) is 0.188. The number of carbonyl (C=O) groups excluding carboxylic acids is 1. The number of aromatic nitrogens is 3. The highest BCUT2D eigenvalue weighted by atomic mass is 16.5. The maximum Gasteiger partial charge on any atom is 0.316 e. The molecule has 1 saturated carbocycles. The van der Waals surface area contributed by atoms with Crippen LogP contribution in [0, 0.1) is 0 Å². The zero-order chi connectivity index (χ0) is 14.9. The van der Waals surface area contributed by atoms with Crippen LogP contribution in [0.15, 0.2) is 53.3 Å². The number of nitrogens with zero attached hydrogens (tertiary/aromatic N) is 3. The maximum absolute atomic E-state index is 11.8. The van der Waals surface area contributed by atoms with E-state index in [1.807, 2.05) is 53.4 Å². The first-order valence-electron chi connectivity index (χ1n) is 7.18. The van der Waals surface area contributed by atoms with Gasteiger partial charge in [-0.15, -0.1) is 0 Å². The number of amides is 1. The molecule has 1 aliphatic carbocycles. The summed E-state index contributed by atoms with van der Waals surface area (Å²) in [5.41, 5.74) is 1.86. The Morgan fingerprint density at radius 3 is 2.59 bits per heavy atom. The van der Waals surface area contributed by atoms with Crippen molar-refractivity contribution in [2.45, 2.75) is 18.9 Å². The van der Waals surface area contributed by atoms with Gasteiger partial charge in [-0.25, -0.2) is 0 Å². The molecule has 1 N–H and O–H groups in total. The number of hydrogen-bond donors (Lipinski definition) is 1. The second-order valence-corrected chi connectivity index (χ2v) is 5.31. The Morgan fingerprint density at radius 1 is 1.18 bits per heavy atom. The van der Waals surface area contributed by atoms with Crippen LogP contribution in [0.4, 0.5) is 0 Å². The largest absolute Gasteiger partial charge is 0.345 e. The molecule has 4 rings (SSSR count). The summed E-state index contributed by atoms with van der Waals surface area (Å²) in [5, 5.41) is 6.70. The summed E-state index contributed by atoms with van der Waals surface area (Å²) < 4.78 is 7.04. The third-order valence-electron chi connectivity index (χ3n) is 3.56. The normalized spacial score (nSPS) is 14.0. The summed E-state index contributed by atoms with van der Waals surface area (Å²) in [6, 6.07) is 12.0. The van der Waals surface area contributed by atoms with Gasteiger partial charge >= 0.3 is 11.8 Å². The zero-order valence-corrected chi connectivity index (χ0v) is 11.8. The molecule has 0 radical (unpaired) electrons. The highest BCUT2D eigenvalue weighted by molar-refractivity contribution is 5.90. The molecule has 110 valence electrons. The van der Waals surface area contributed by atoms with E-state index in [4.69, 9.17) is 4.52 Å². The molecule has 3 aromatic rings. The van der Waals surface area contributed by atoms with Gasteiger partial charge in [0, 0.05) is 29.7 Å². The van der Waals surface area contributed by atoms with Crippen LogP contribution in [0.5, 0.6) is 0 Å². The van der Waals surface area contributed by atoms with E-state index in [0.29, 0.717) is 5.82 Å². The summed E-state index contributed by atoms with van der Waals surface area (Å²) in [7, 11) is 0. The molecule has 1 amide bonds. The lowest BCUT2D eigenvalue weighted by Crippen LogP contribution is -2.25. The van der Waals surface area contributed by atoms with Crippen LogP contribution in [0.1, 0.15) is 23.5 Å². The Kier molecular flexibility index (Phi) is 3.00. The Bertz CT molecular complexity index is 786. The summed E-state index contributed by atoms with van der Waals surface area (Å²) in [6.07, 6.45) is 5.99. The van der Waals surface area contributed by atoms with Crippen LogP contribution < -0.4 is 5.32 Å². The molecular weight excluding hydrogens is 280 g/mol. The fourth-order valence-electron chi connectivity index (χ4n) is 2.20. The van der Waals surface area contributed by atoms with E-state index in [-0.39, 0.29) is 17.8 Å². The van der Waals surface area contributed by atoms with Gasteiger partial charge < -0.3 is 14.4 Å². The number of hydrogen-bond acceptors (Lipinski definition) is 4. The molecule has 0 aliphatic heterocycles. The molecule has 0 unspecified atom stereocenters. The lowest BCUT2D eigenvalue weighted by atomic mass is 10.2. The Balaban J connectivity index is 1.54. The van der Waals surface area contributed by atoms with Crippen LogP contribution in [0.2, 0.25) is 0 Å². The van der Waals surface area contributed by atoms with E-state index >= 15 is 0 Å². The van der Waals surface area contributed by atoms with Crippen LogP contribution >= 0.6 is 0 Å². The van der Waals surface area contributed by atoms with Crippen LogP contribution in [-0.2, 0) is 0 Å². The van der Waals surface area contributed by atoms with Gasteiger partial charge in [-0.1, -0.05) is 5.16 Å². The lowest BCUT2D eigenvalue weighted by molar-refractivity contribution is 0.0907. The SMILES string of the molecule is O=C(NC1CC1)c1nc(-c2ccc(-n3cccc3)cc2)no1. The van der Waals surface area contributed by atoms with E-state index in [1.54, 1.807) is 0 Å². The van der Waals surface area contributed by atoms with Crippen LogP contribution in [0.3, 0.4) is 0 Å². The Morgan fingerprint density at radius 2 is 1.91 bits per heavy atom. The van der Waals surface area contributed by atoms with Crippen LogP contribution in [0.25, 0.3) is 17.1 Å². The zero-order valence-electron chi connectivity index (χ0n) is 11.8. The smallest absolute Gasteiger partial charge is 0.316 e. The number of carbonyl (C=O) groups is 1. The van der Waals surface area contributed by atoms with Gasteiger partial charge in [0.1, 0.15) is 0 Å². The molecule has 2 heterocycles. The average Bonchev–Trinajstić information content (AvgIpc) is 3.06. The van der Waals surface area contributed by atoms with Gasteiger partial charge in [0.2, 0.25) is 5.82 Å². The van der Waals surface area contributed by atoms with Crippen LogP contribution in [-0.4, -0.2) is 26.7 Å². The Hall–Kier alpha value is -2.89. The monoisotopic (exact) mass is 294 g/mol. The fourth-order valence-corrected chi connectivity index (χ4v) is 2.20. The van der Waals surface area contributed by atoms with Crippen molar-refractivity contribution in [3.63, 3.8) is 0 Å². The van der Waals surface area contributed by atoms with Gasteiger partial charge in [0.15, 0.2) is 0 Å². The first kappa shape index (κ1) is 12.8. The summed E-state index contributed by atoms with van der Waals surface area (Å²) in [6.45, 7) is 0. The lowest BCUT2D eigenvalue weighted by Gasteiger charge is -2.02. The van der Waals surface area contributed by atoms with Crippen molar-refractivity contribution in [3.05, 3.63) is 54.7 Å². The average molecular weight is 294 g/mol. The van der Waals surface area contributed by atoms with Gasteiger partial charge in [-0.2, -0.15) is 4.98 Å². The van der Waals surface area contributed by atoms with E-state index in [2.05, 4.69) is 15.5 Å². The molecule has 0 atom stereocenters. The molecule has 1 aromatic carbocycles. The number of benzene rings is 1. The third kappa shape index (κ3) is 2.50. The molecule has 6 heteroatoms. The standard InChI is InChI=1S/C16H14N4O2/c21-15(17-12-5-6-12)16-18-14(19-22-16)11-3-7-13(8-4-11)20-9-1-2-10-20/h1-4,7-10,12H,5-6H2,(H,17,21). The molecular formula is C16H14N4O2. The Labute approximate surface area is 126 Å². The van der Waals surface area contributed by atoms with Crippen molar-refractivity contribution in [2.75, 3.05) is 0 Å². The van der Waals surface area contributed by atoms with E-state index in [0.717, 1.165) is 24.1 Å². The van der Waals surface area contributed by atoms with Crippen molar-refractivity contribution in [3.8, 4) is 17.1 Å². The summed E-state index contributed by atoms with van der Waals surface area (Å²) >= 11 is 0. The predicted octanol–water partition coefficient (Wildman–Crippen LogP) is 2.42. The van der Waals surface area contributed by atoms with Gasteiger partial charge in [-0.05, 0) is 49.2 Å². The van der Waals surface area contributed by atoms with Gasteiger partial charge in [-0.3, -0.25) is 4.79 Å². The molecule has 1 fully saturated rings. The second-order valence-electron chi connectivity index (χ2n) is 5.31. The van der Waals surface area contributed by atoms with Crippen molar-refractivity contribution in [2.24, 2.45) is 0 Å². The van der Waals surface area contributed by atoms with Crippen molar-refractivity contribution < 1.29 is 9.32 Å². The minimum atomic E-state index is -0.301. The highest BCUT2D eigenvalue weighted by Gasteiger charge is 2.26. The minimum absolute atomic E-state index is 0.0105. The van der Waals surface area contributed by atoms with Gasteiger partial charge in [0.05, 0.1) is 0 Å². The van der Waals surface area contributed by atoms with E-state index in [9.17, 15) is 4.79 Å². The molecule has 0 bridgehead atoms. The van der Waals surface area contributed by atoms with E-state index in [1.165, 1.54) is 0 Å². The molecule has 1 aliphatic rings. The van der Waals surface area contributed by atoms with Crippen molar-refractivity contribution in [1.82, 2.24) is 20.0 Å². The molecule has 22 heavy (non-hydrogen) atoms.